The number of methoxy groups -OCH3 is 1. The number of ether oxygens (including phenoxy) is 1. The molecule has 3 rings (SSSR count). The summed E-state index contributed by atoms with van der Waals surface area (Å²) in [5.41, 5.74) is 1.31. The number of esters is 1. The Balaban J connectivity index is 1.92. The summed E-state index contributed by atoms with van der Waals surface area (Å²) >= 11 is 0. The molecule has 8 heteroatoms. The monoisotopic (exact) mass is 416 g/mol. The predicted molar refractivity (Wildman–Crippen MR) is 110 cm³/mol. The molecule has 0 aliphatic carbocycles. The molecule has 1 saturated heterocycles. The molecule has 1 heterocycles. The number of aryl methyl sites for hydroxylation is 1. The Bertz CT molecular complexity index is 1030. The molecular weight excluding hydrogens is 392 g/mol. The van der Waals surface area contributed by atoms with E-state index in [9.17, 15) is 18.0 Å². The number of anilines is 1. The summed E-state index contributed by atoms with van der Waals surface area (Å²) in [5, 5.41) is 0. The molecule has 0 spiro atoms. The topological polar surface area (TPSA) is 92.8 Å². The first kappa shape index (κ1) is 20.9. The summed E-state index contributed by atoms with van der Waals surface area (Å²) in [7, 11) is -2.78. The van der Waals surface area contributed by atoms with Gasteiger partial charge in [0.25, 0.3) is 15.9 Å². The van der Waals surface area contributed by atoms with Crippen LogP contribution in [0.25, 0.3) is 0 Å². The lowest BCUT2D eigenvalue weighted by molar-refractivity contribution is 0.0601. The molecule has 0 radical (unpaired) electrons. The molecule has 0 bridgehead atoms. The molecule has 1 aliphatic heterocycles. The number of piperidine rings is 1. The van der Waals surface area contributed by atoms with Gasteiger partial charge in [-0.1, -0.05) is 18.2 Å². The normalized spacial score (nSPS) is 14.3. The number of carbonyl (C=O) groups is 2. The van der Waals surface area contributed by atoms with Gasteiger partial charge in [0, 0.05) is 18.7 Å². The van der Waals surface area contributed by atoms with Crippen LogP contribution in [0.1, 0.15) is 45.5 Å². The van der Waals surface area contributed by atoms with Gasteiger partial charge in [0.15, 0.2) is 0 Å². The van der Waals surface area contributed by atoms with E-state index in [1.54, 1.807) is 30.0 Å². The van der Waals surface area contributed by atoms with Gasteiger partial charge in [0.1, 0.15) is 0 Å². The number of likely N-dealkylation sites (tertiary alicyclic amines) is 1. The average molecular weight is 416 g/mol. The molecule has 1 amide bonds. The Morgan fingerprint density at radius 2 is 1.69 bits per heavy atom. The lowest BCUT2D eigenvalue weighted by atomic mass is 10.1. The van der Waals surface area contributed by atoms with Gasteiger partial charge in [-0.15, -0.1) is 0 Å². The molecule has 2 aromatic rings. The summed E-state index contributed by atoms with van der Waals surface area (Å²) in [6, 6.07) is 10.7. The van der Waals surface area contributed by atoms with Crippen LogP contribution in [0.3, 0.4) is 0 Å². The number of rotatable bonds is 5. The van der Waals surface area contributed by atoms with Crippen molar-refractivity contribution in [3.8, 4) is 0 Å². The van der Waals surface area contributed by atoms with E-state index in [1.807, 2.05) is 0 Å². The van der Waals surface area contributed by atoms with Crippen LogP contribution in [0.4, 0.5) is 5.69 Å². The van der Waals surface area contributed by atoms with Gasteiger partial charge in [-0.25, -0.2) is 13.2 Å². The molecule has 29 heavy (non-hydrogen) atoms. The number of hydrogen-bond acceptors (Lipinski definition) is 5. The maximum Gasteiger partial charge on any atom is 0.339 e. The number of benzene rings is 2. The van der Waals surface area contributed by atoms with Crippen LogP contribution >= 0.6 is 0 Å². The summed E-state index contributed by atoms with van der Waals surface area (Å²) in [6.07, 6.45) is 3.00. The molecule has 2 aromatic carbocycles. The lowest BCUT2D eigenvalue weighted by Crippen LogP contribution is -2.36. The molecule has 1 fully saturated rings. The zero-order valence-electron chi connectivity index (χ0n) is 16.5. The van der Waals surface area contributed by atoms with E-state index in [4.69, 9.17) is 4.74 Å². The molecule has 1 aliphatic rings. The van der Waals surface area contributed by atoms with Gasteiger partial charge in [-0.05, 0) is 56.0 Å². The van der Waals surface area contributed by atoms with Crippen molar-refractivity contribution in [1.82, 2.24) is 4.90 Å². The number of carbonyl (C=O) groups excluding carboxylic acids is 2. The fraction of sp³-hybridized carbons (Fsp3) is 0.333. The molecule has 0 aromatic heterocycles. The number of nitrogens with one attached hydrogen (secondary N) is 1. The summed E-state index contributed by atoms with van der Waals surface area (Å²) in [4.78, 5) is 26.5. The quantitative estimate of drug-likeness (QED) is 0.756. The Morgan fingerprint density at radius 3 is 2.38 bits per heavy atom. The molecule has 154 valence electrons. The first-order chi connectivity index (χ1) is 13.8. The van der Waals surface area contributed by atoms with Gasteiger partial charge in [-0.2, -0.15) is 0 Å². The van der Waals surface area contributed by atoms with Crippen molar-refractivity contribution in [3.05, 3.63) is 59.2 Å². The SMILES string of the molecule is COC(=O)c1ccccc1NS(=O)(=O)c1ccc(C)c(C(=O)N2CCCCC2)c1. The van der Waals surface area contributed by atoms with Gasteiger partial charge < -0.3 is 9.64 Å². The van der Waals surface area contributed by atoms with Crippen molar-refractivity contribution < 1.29 is 22.7 Å². The van der Waals surface area contributed by atoms with Crippen molar-refractivity contribution in [2.75, 3.05) is 24.9 Å². The molecule has 0 atom stereocenters. The second-order valence-corrected chi connectivity index (χ2v) is 8.65. The molecule has 7 nitrogen and oxygen atoms in total. The first-order valence-corrected chi connectivity index (χ1v) is 10.9. The molecule has 0 unspecified atom stereocenters. The molecular formula is C21H24N2O5S. The number of hydrogen-bond donors (Lipinski definition) is 1. The Labute approximate surface area is 170 Å². The zero-order valence-corrected chi connectivity index (χ0v) is 17.3. The van der Waals surface area contributed by atoms with Crippen molar-refractivity contribution in [3.63, 3.8) is 0 Å². The van der Waals surface area contributed by atoms with E-state index >= 15 is 0 Å². The summed E-state index contributed by atoms with van der Waals surface area (Å²) < 4.78 is 33.0. The highest BCUT2D eigenvalue weighted by molar-refractivity contribution is 7.92. The van der Waals surface area contributed by atoms with Crippen LogP contribution in [0.15, 0.2) is 47.4 Å². The van der Waals surface area contributed by atoms with E-state index in [1.165, 1.54) is 31.4 Å². The van der Waals surface area contributed by atoms with Crippen LogP contribution in [0.2, 0.25) is 0 Å². The lowest BCUT2D eigenvalue weighted by Gasteiger charge is -2.27. The van der Waals surface area contributed by atoms with Crippen molar-refractivity contribution in [2.24, 2.45) is 0 Å². The Kier molecular flexibility index (Phi) is 6.22. The van der Waals surface area contributed by atoms with E-state index in [0.29, 0.717) is 18.7 Å². The maximum absolute atomic E-state index is 12.9. The van der Waals surface area contributed by atoms with Crippen LogP contribution in [0.5, 0.6) is 0 Å². The minimum atomic E-state index is -4.01. The van der Waals surface area contributed by atoms with Crippen molar-refractivity contribution >= 4 is 27.6 Å². The smallest absolute Gasteiger partial charge is 0.339 e. The third-order valence-electron chi connectivity index (χ3n) is 4.97. The van der Waals surface area contributed by atoms with Crippen molar-refractivity contribution in [2.45, 2.75) is 31.1 Å². The van der Waals surface area contributed by atoms with Gasteiger partial charge >= 0.3 is 5.97 Å². The number of nitrogens with zero attached hydrogens (tertiary/aromatic N) is 1. The Morgan fingerprint density at radius 1 is 1.00 bits per heavy atom. The van der Waals surface area contributed by atoms with E-state index in [0.717, 1.165) is 24.8 Å². The highest BCUT2D eigenvalue weighted by atomic mass is 32.2. The fourth-order valence-corrected chi connectivity index (χ4v) is 4.44. The van der Waals surface area contributed by atoms with Crippen LogP contribution < -0.4 is 4.72 Å². The first-order valence-electron chi connectivity index (χ1n) is 9.43. The van der Waals surface area contributed by atoms with Crippen LogP contribution in [-0.2, 0) is 14.8 Å². The minimum Gasteiger partial charge on any atom is -0.465 e. The second-order valence-electron chi connectivity index (χ2n) is 6.97. The van der Waals surface area contributed by atoms with Gasteiger partial charge in [-0.3, -0.25) is 9.52 Å². The number of amides is 1. The number of para-hydroxylation sites is 1. The zero-order chi connectivity index (χ0) is 21.0. The largest absolute Gasteiger partial charge is 0.465 e. The summed E-state index contributed by atoms with van der Waals surface area (Å²) in [5.74, 6) is -0.803. The standard InChI is InChI=1S/C21H24N2O5S/c1-15-10-11-16(14-18(15)20(24)23-12-6-3-7-13-23)29(26,27)22-19-9-5-4-8-17(19)21(25)28-2/h4-5,8-11,14,22H,3,6-7,12-13H2,1-2H3. The predicted octanol–water partition coefficient (Wildman–Crippen LogP) is 3.21. The third-order valence-corrected chi connectivity index (χ3v) is 6.33. The van der Waals surface area contributed by atoms with E-state index < -0.39 is 16.0 Å². The van der Waals surface area contributed by atoms with Crippen LogP contribution in [0, 0.1) is 6.92 Å². The molecule has 1 N–H and O–H groups in total. The minimum absolute atomic E-state index is 0.0388. The number of sulfonamides is 1. The van der Waals surface area contributed by atoms with E-state index in [-0.39, 0.29) is 22.1 Å². The Hall–Kier alpha value is -2.87. The highest BCUT2D eigenvalue weighted by Gasteiger charge is 2.24. The van der Waals surface area contributed by atoms with Gasteiger partial charge in [0.05, 0.1) is 23.3 Å². The second kappa shape index (κ2) is 8.65. The average Bonchev–Trinajstić information content (AvgIpc) is 2.73. The fourth-order valence-electron chi connectivity index (χ4n) is 3.33. The third kappa shape index (κ3) is 4.59. The van der Waals surface area contributed by atoms with E-state index in [2.05, 4.69) is 4.72 Å². The van der Waals surface area contributed by atoms with Crippen molar-refractivity contribution in [1.29, 1.82) is 0 Å². The highest BCUT2D eigenvalue weighted by Crippen LogP contribution is 2.24. The van der Waals surface area contributed by atoms with Gasteiger partial charge in [0.2, 0.25) is 0 Å². The van der Waals surface area contributed by atoms with Crippen LogP contribution in [-0.4, -0.2) is 45.4 Å². The molecule has 0 saturated carbocycles. The maximum atomic E-state index is 12.9. The summed E-state index contributed by atoms with van der Waals surface area (Å²) in [6.45, 7) is 3.15.